The second kappa shape index (κ2) is 18.3. The van der Waals surface area contributed by atoms with Crippen molar-refractivity contribution in [1.82, 2.24) is 9.55 Å². The standard InChI is InChI=1S/C48H52N3O8PS2/c1-31(2)34-25-26-47(4)42(27-34)59-60(61,62-47)58-40-28-43(51-29-32(3)44(50-46(51)53)49-45(52)33-13-9-7-10-14-33)57-41(40)30-56-48(35-15-11-8-12-16-35,36-17-21-38(54-5)22-18-36)37-19-23-39(55-6)24-20-37/h7-24,29,34,40-43H,1,25-28,30H2,2-6H3,(H,49,50,52,53)/t34-,40-,41+,42+,43+,47+,60?/m0/s1. The van der Waals surface area contributed by atoms with Gasteiger partial charge in [0.25, 0.3) is 5.91 Å². The monoisotopic (exact) mass is 893 g/mol. The fraction of sp³-hybridized carbons (Fsp3) is 0.354. The SMILES string of the molecule is C=C(C)[C@H]1CC[C@@]2(C)SP(=S)(O[C@H]3C[C@H](n4cc(C)c(NC(=O)c5ccccc5)nc4=O)O[C@@H]3COC(c3ccccc3)(c3ccc(OC)cc3)c3ccc(OC)cc3)O[C@@H]2C1. The normalized spacial score (nSPS) is 25.8. The van der Waals surface area contributed by atoms with Gasteiger partial charge in [-0.25, -0.2) is 4.79 Å². The second-order valence-corrected chi connectivity index (χ2v) is 22.9. The number of hydrogen-bond donors (Lipinski definition) is 1. The molecule has 11 nitrogen and oxygen atoms in total. The van der Waals surface area contributed by atoms with Crippen LogP contribution in [0.2, 0.25) is 0 Å². The molecule has 8 rings (SSSR count). The lowest BCUT2D eigenvalue weighted by Gasteiger charge is -2.37. The molecule has 1 aliphatic carbocycles. The van der Waals surface area contributed by atoms with Crippen LogP contribution < -0.4 is 20.5 Å². The van der Waals surface area contributed by atoms with Crippen LogP contribution in [-0.2, 0) is 35.9 Å². The lowest BCUT2D eigenvalue weighted by molar-refractivity contribution is -0.0917. The summed E-state index contributed by atoms with van der Waals surface area (Å²) in [4.78, 5) is 31.2. The van der Waals surface area contributed by atoms with Crippen molar-refractivity contribution in [3.63, 3.8) is 0 Å². The van der Waals surface area contributed by atoms with Crippen molar-refractivity contribution >= 4 is 40.6 Å². The molecule has 3 fully saturated rings. The summed E-state index contributed by atoms with van der Waals surface area (Å²) in [7, 11) is 3.28. The van der Waals surface area contributed by atoms with Crippen molar-refractivity contribution in [2.24, 2.45) is 5.92 Å². The molecule has 2 saturated heterocycles. The molecule has 0 radical (unpaired) electrons. The molecule has 4 aromatic carbocycles. The summed E-state index contributed by atoms with van der Waals surface area (Å²) in [5, 5.41) is 2.79. The number of nitrogens with zero attached hydrogens (tertiary/aromatic N) is 2. The van der Waals surface area contributed by atoms with Gasteiger partial charge in [0.05, 0.1) is 33.0 Å². The van der Waals surface area contributed by atoms with E-state index in [0.29, 0.717) is 28.5 Å². The number of rotatable bonds is 14. The van der Waals surface area contributed by atoms with Gasteiger partial charge in [-0.15, -0.1) is 0 Å². The summed E-state index contributed by atoms with van der Waals surface area (Å²) in [6.45, 7) is 10.4. The Balaban J connectivity index is 1.15. The van der Waals surface area contributed by atoms with Gasteiger partial charge in [-0.1, -0.05) is 96.3 Å². The van der Waals surface area contributed by atoms with Gasteiger partial charge in [-0.3, -0.25) is 9.36 Å². The first-order valence-corrected chi connectivity index (χ1v) is 24.8. The summed E-state index contributed by atoms with van der Waals surface area (Å²) in [5.41, 5.74) is 0.143. The maximum Gasteiger partial charge on any atom is 0.351 e. The van der Waals surface area contributed by atoms with Gasteiger partial charge < -0.3 is 33.3 Å². The fourth-order valence-corrected chi connectivity index (χ4v) is 16.3. The number of nitrogens with one attached hydrogen (secondary N) is 1. The van der Waals surface area contributed by atoms with Gasteiger partial charge in [0.15, 0.2) is 0 Å². The average Bonchev–Trinajstić information content (AvgIpc) is 3.80. The molecule has 1 unspecified atom stereocenters. The second-order valence-electron chi connectivity index (χ2n) is 16.4. The van der Waals surface area contributed by atoms with E-state index < -0.39 is 35.4 Å². The van der Waals surface area contributed by atoms with E-state index >= 15 is 0 Å². The Bertz CT molecular complexity index is 2460. The molecule has 1 aromatic heterocycles. The molecular weight excluding hydrogens is 842 g/mol. The molecule has 1 amide bonds. The van der Waals surface area contributed by atoms with Crippen molar-refractivity contribution in [2.75, 3.05) is 26.1 Å². The van der Waals surface area contributed by atoms with Crippen molar-refractivity contribution in [3.05, 3.63) is 166 Å². The first-order valence-electron chi connectivity index (χ1n) is 20.8. The van der Waals surface area contributed by atoms with E-state index in [9.17, 15) is 9.59 Å². The number of carbonyl (C=O) groups excluding carboxylic acids is 1. The molecule has 7 atom stereocenters. The number of ether oxygens (including phenoxy) is 4. The minimum Gasteiger partial charge on any atom is -0.497 e. The number of allylic oxidation sites excluding steroid dienone is 1. The van der Waals surface area contributed by atoms with Crippen LogP contribution >= 0.6 is 17.1 Å². The summed E-state index contributed by atoms with van der Waals surface area (Å²) in [6, 6.07) is 34.5. The minimum absolute atomic E-state index is 0.0406. The topological polar surface area (TPSA) is 119 Å². The van der Waals surface area contributed by atoms with Gasteiger partial charge in [0.2, 0.25) is 5.69 Å². The Hall–Kier alpha value is -4.59. The number of amides is 1. The first kappa shape index (κ1) is 44.0. The molecule has 1 saturated carbocycles. The van der Waals surface area contributed by atoms with Gasteiger partial charge in [0.1, 0.15) is 35.2 Å². The van der Waals surface area contributed by atoms with Crippen LogP contribution in [0.1, 0.15) is 78.4 Å². The highest BCUT2D eigenvalue weighted by molar-refractivity contribution is 8.68. The maximum atomic E-state index is 13.9. The number of fused-ring (bicyclic) bond motifs is 1. The number of methoxy groups -OCH3 is 2. The Morgan fingerprint density at radius 1 is 0.952 bits per heavy atom. The number of benzene rings is 4. The van der Waals surface area contributed by atoms with Crippen LogP contribution in [0, 0.1) is 12.8 Å². The van der Waals surface area contributed by atoms with Gasteiger partial charge in [0, 0.05) is 28.5 Å². The van der Waals surface area contributed by atoms with E-state index in [2.05, 4.69) is 30.7 Å². The smallest absolute Gasteiger partial charge is 0.351 e. The third-order valence-corrected chi connectivity index (χ3v) is 18.0. The van der Waals surface area contributed by atoms with Crippen molar-refractivity contribution in [2.45, 2.75) is 81.3 Å². The average molecular weight is 894 g/mol. The summed E-state index contributed by atoms with van der Waals surface area (Å²) in [6.07, 6.45) is 2.54. The van der Waals surface area contributed by atoms with Crippen LogP contribution in [0.15, 0.2) is 132 Å². The number of anilines is 1. The predicted octanol–water partition coefficient (Wildman–Crippen LogP) is 9.99. The molecule has 0 spiro atoms. The summed E-state index contributed by atoms with van der Waals surface area (Å²) < 4.78 is 40.4. The van der Waals surface area contributed by atoms with Crippen molar-refractivity contribution < 1.29 is 32.8 Å². The largest absolute Gasteiger partial charge is 0.497 e. The van der Waals surface area contributed by atoms with Crippen LogP contribution in [-0.4, -0.2) is 59.3 Å². The molecule has 5 aromatic rings. The molecular formula is C48H52N3O8PS2. The molecule has 3 aliphatic rings. The molecule has 14 heteroatoms. The van der Waals surface area contributed by atoms with E-state index in [4.69, 9.17) is 39.8 Å². The third-order valence-electron chi connectivity index (χ3n) is 12.2. The van der Waals surface area contributed by atoms with Crippen molar-refractivity contribution in [1.29, 1.82) is 0 Å². The van der Waals surface area contributed by atoms with Crippen molar-refractivity contribution in [3.8, 4) is 11.5 Å². The van der Waals surface area contributed by atoms with Crippen LogP contribution in [0.5, 0.6) is 11.5 Å². The number of aromatic nitrogens is 2. The van der Waals surface area contributed by atoms with Crippen LogP contribution in [0.4, 0.5) is 5.82 Å². The number of aryl methyl sites for hydroxylation is 1. The Morgan fingerprint density at radius 2 is 1.55 bits per heavy atom. The van der Waals surface area contributed by atoms with E-state index in [0.717, 1.165) is 41.5 Å². The fourth-order valence-electron chi connectivity index (χ4n) is 8.68. The quantitative estimate of drug-likeness (QED) is 0.0652. The van der Waals surface area contributed by atoms with Gasteiger partial charge in [-0.2, -0.15) is 4.98 Å². The molecule has 3 heterocycles. The van der Waals surface area contributed by atoms with Gasteiger partial charge >= 0.3 is 5.69 Å². The highest BCUT2D eigenvalue weighted by Crippen LogP contribution is 2.76. The molecule has 1 N–H and O–H groups in total. The highest BCUT2D eigenvalue weighted by atomic mass is 32.9. The number of carbonyl (C=O) groups is 1. The molecule has 2 aliphatic heterocycles. The number of hydrogen-bond acceptors (Lipinski definition) is 11. The predicted molar refractivity (Wildman–Crippen MR) is 247 cm³/mol. The van der Waals surface area contributed by atoms with Gasteiger partial charge in [-0.05, 0) is 111 Å². The highest BCUT2D eigenvalue weighted by Gasteiger charge is 2.55. The Labute approximate surface area is 372 Å². The minimum atomic E-state index is -2.93. The maximum absolute atomic E-state index is 13.9. The molecule has 62 heavy (non-hydrogen) atoms. The molecule has 324 valence electrons. The Kier molecular flexibility index (Phi) is 13.0. The van der Waals surface area contributed by atoms with E-state index in [-0.39, 0.29) is 35.6 Å². The summed E-state index contributed by atoms with van der Waals surface area (Å²) >= 11 is 7.99. The zero-order valence-electron chi connectivity index (χ0n) is 35.5. The Morgan fingerprint density at radius 3 is 2.15 bits per heavy atom. The van der Waals surface area contributed by atoms with E-state index in [1.165, 1.54) is 4.57 Å². The lowest BCUT2D eigenvalue weighted by Crippen LogP contribution is -2.39. The summed E-state index contributed by atoms with van der Waals surface area (Å²) in [5.74, 6) is 1.58. The van der Waals surface area contributed by atoms with Crippen LogP contribution in [0.3, 0.4) is 0 Å². The lowest BCUT2D eigenvalue weighted by atomic mass is 9.77. The van der Waals surface area contributed by atoms with E-state index in [1.54, 1.807) is 63.0 Å². The zero-order valence-corrected chi connectivity index (χ0v) is 38.1. The first-order chi connectivity index (χ1) is 29.8. The van der Waals surface area contributed by atoms with E-state index in [1.807, 2.05) is 84.9 Å². The third kappa shape index (κ3) is 8.95. The molecule has 0 bridgehead atoms. The van der Waals surface area contributed by atoms with Crippen LogP contribution in [0.25, 0.3) is 0 Å². The zero-order chi connectivity index (χ0) is 43.6.